The van der Waals surface area contributed by atoms with Crippen LogP contribution >= 0.6 is 0 Å². The van der Waals surface area contributed by atoms with Gasteiger partial charge in [0.05, 0.1) is 6.10 Å². The zero-order valence-corrected chi connectivity index (χ0v) is 7.26. The molecule has 0 aromatic carbocycles. The predicted octanol–water partition coefficient (Wildman–Crippen LogP) is 1.54. The molecule has 2 N–H and O–H groups in total. The summed E-state index contributed by atoms with van der Waals surface area (Å²) in [4.78, 5) is 0. The zero-order valence-electron chi connectivity index (χ0n) is 7.26. The van der Waals surface area contributed by atoms with Gasteiger partial charge in [0.2, 0.25) is 0 Å². The summed E-state index contributed by atoms with van der Waals surface area (Å²) in [5.41, 5.74) is 5.79. The Labute approximate surface area is 63.7 Å². The van der Waals surface area contributed by atoms with Crippen LogP contribution in [0.15, 0.2) is 0 Å². The Morgan fingerprint density at radius 3 is 2.40 bits per heavy atom. The highest BCUT2D eigenvalue weighted by Crippen LogP contribution is 2.02. The molecule has 0 rings (SSSR count). The highest BCUT2D eigenvalue weighted by molar-refractivity contribution is 4.67. The van der Waals surface area contributed by atoms with E-state index in [0.29, 0.717) is 0 Å². The summed E-state index contributed by atoms with van der Waals surface area (Å²) < 4.78 is 5.33. The van der Waals surface area contributed by atoms with Crippen molar-refractivity contribution < 1.29 is 4.74 Å². The molecule has 2 atom stereocenters. The third-order valence-corrected chi connectivity index (χ3v) is 1.65. The van der Waals surface area contributed by atoms with Crippen LogP contribution < -0.4 is 5.73 Å². The maximum atomic E-state index is 5.79. The number of nitrogens with two attached hydrogens (primary N) is 1. The van der Waals surface area contributed by atoms with E-state index in [-0.39, 0.29) is 12.1 Å². The van der Waals surface area contributed by atoms with Gasteiger partial charge in [0.15, 0.2) is 0 Å². The monoisotopic (exact) mass is 145 g/mol. The smallest absolute Gasteiger partial charge is 0.0697 e. The fraction of sp³-hybridized carbons (Fsp3) is 1.00. The summed E-state index contributed by atoms with van der Waals surface area (Å²) in [6.45, 7) is 6.93. The van der Waals surface area contributed by atoms with Gasteiger partial charge in [-0.2, -0.15) is 0 Å². The van der Waals surface area contributed by atoms with Crippen molar-refractivity contribution in [2.45, 2.75) is 45.8 Å². The van der Waals surface area contributed by atoms with Gasteiger partial charge in [-0.3, -0.25) is 0 Å². The van der Waals surface area contributed by atoms with Gasteiger partial charge in [-0.1, -0.05) is 13.3 Å². The van der Waals surface area contributed by atoms with Crippen LogP contribution in [0, 0.1) is 0 Å². The van der Waals surface area contributed by atoms with E-state index in [2.05, 4.69) is 6.92 Å². The van der Waals surface area contributed by atoms with E-state index >= 15 is 0 Å². The lowest BCUT2D eigenvalue weighted by atomic mass is 10.1. The van der Waals surface area contributed by atoms with Crippen molar-refractivity contribution in [2.75, 3.05) is 6.61 Å². The standard InChI is InChI=1S/C8H19NO/c1-4-6-8(9)7(3)10-5-2/h7-8H,4-6,9H2,1-3H3/t7?,8-/m0/s1. The minimum atomic E-state index is 0.213. The lowest BCUT2D eigenvalue weighted by molar-refractivity contribution is 0.0554. The quantitative estimate of drug-likeness (QED) is 0.637. The van der Waals surface area contributed by atoms with Crippen molar-refractivity contribution in [1.29, 1.82) is 0 Å². The third kappa shape index (κ3) is 3.85. The first kappa shape index (κ1) is 9.92. The van der Waals surface area contributed by atoms with E-state index in [1.54, 1.807) is 0 Å². The van der Waals surface area contributed by atoms with Crippen LogP contribution in [-0.2, 0) is 4.74 Å². The second-order valence-corrected chi connectivity index (χ2v) is 2.61. The third-order valence-electron chi connectivity index (χ3n) is 1.65. The van der Waals surface area contributed by atoms with E-state index in [9.17, 15) is 0 Å². The molecule has 0 aromatic rings. The minimum Gasteiger partial charge on any atom is -0.377 e. The maximum Gasteiger partial charge on any atom is 0.0697 e. The molecule has 0 spiro atoms. The normalized spacial score (nSPS) is 16.8. The fourth-order valence-corrected chi connectivity index (χ4v) is 0.955. The summed E-state index contributed by atoms with van der Waals surface area (Å²) >= 11 is 0. The largest absolute Gasteiger partial charge is 0.377 e. The first-order chi connectivity index (χ1) is 4.72. The Bertz CT molecular complexity index is 65.7. The predicted molar refractivity (Wildman–Crippen MR) is 44.0 cm³/mol. The van der Waals surface area contributed by atoms with Crippen molar-refractivity contribution in [3.8, 4) is 0 Å². The van der Waals surface area contributed by atoms with Crippen molar-refractivity contribution in [1.82, 2.24) is 0 Å². The Morgan fingerprint density at radius 2 is 2.00 bits per heavy atom. The second kappa shape index (κ2) is 5.69. The van der Waals surface area contributed by atoms with Crippen molar-refractivity contribution in [3.63, 3.8) is 0 Å². The summed E-state index contributed by atoms with van der Waals surface area (Å²) in [6, 6.07) is 0.213. The first-order valence-corrected chi connectivity index (χ1v) is 4.09. The van der Waals surface area contributed by atoms with E-state index in [1.807, 2.05) is 13.8 Å². The average Bonchev–Trinajstić information content (AvgIpc) is 1.89. The van der Waals surface area contributed by atoms with Crippen LogP contribution in [-0.4, -0.2) is 18.8 Å². The Morgan fingerprint density at radius 1 is 1.40 bits per heavy atom. The highest BCUT2D eigenvalue weighted by Gasteiger charge is 2.10. The molecule has 0 saturated carbocycles. The Hall–Kier alpha value is -0.0800. The number of ether oxygens (including phenoxy) is 1. The van der Waals surface area contributed by atoms with Crippen LogP contribution in [0.4, 0.5) is 0 Å². The van der Waals surface area contributed by atoms with E-state index in [4.69, 9.17) is 10.5 Å². The molecular weight excluding hydrogens is 126 g/mol. The highest BCUT2D eigenvalue weighted by atomic mass is 16.5. The molecule has 1 unspecified atom stereocenters. The van der Waals surface area contributed by atoms with E-state index in [1.165, 1.54) is 0 Å². The number of hydrogen-bond donors (Lipinski definition) is 1. The maximum absolute atomic E-state index is 5.79. The SMILES string of the molecule is CCC[C@H](N)C(C)OCC. The molecule has 0 heterocycles. The Kier molecular flexibility index (Phi) is 5.64. The van der Waals surface area contributed by atoms with Gasteiger partial charge in [-0.15, -0.1) is 0 Å². The molecule has 62 valence electrons. The second-order valence-electron chi connectivity index (χ2n) is 2.61. The molecule has 2 nitrogen and oxygen atoms in total. The van der Waals surface area contributed by atoms with Crippen molar-refractivity contribution >= 4 is 0 Å². The summed E-state index contributed by atoms with van der Waals surface area (Å²) in [7, 11) is 0. The van der Waals surface area contributed by atoms with Crippen LogP contribution in [0.1, 0.15) is 33.6 Å². The van der Waals surface area contributed by atoms with Gasteiger partial charge in [0.1, 0.15) is 0 Å². The van der Waals surface area contributed by atoms with Crippen LogP contribution in [0.3, 0.4) is 0 Å². The molecule has 0 fully saturated rings. The van der Waals surface area contributed by atoms with Crippen LogP contribution in [0.25, 0.3) is 0 Å². The molecular formula is C8H19NO. The Balaban J connectivity index is 3.38. The zero-order chi connectivity index (χ0) is 7.98. The van der Waals surface area contributed by atoms with Crippen molar-refractivity contribution in [3.05, 3.63) is 0 Å². The molecule has 0 aliphatic carbocycles. The topological polar surface area (TPSA) is 35.2 Å². The molecule has 0 bridgehead atoms. The molecule has 0 aromatic heterocycles. The molecule has 2 heteroatoms. The summed E-state index contributed by atoms with van der Waals surface area (Å²) in [5, 5.41) is 0. The van der Waals surface area contributed by atoms with Crippen LogP contribution in [0.5, 0.6) is 0 Å². The minimum absolute atomic E-state index is 0.213. The number of hydrogen-bond acceptors (Lipinski definition) is 2. The van der Waals surface area contributed by atoms with Gasteiger partial charge < -0.3 is 10.5 Å². The van der Waals surface area contributed by atoms with Crippen molar-refractivity contribution in [2.24, 2.45) is 5.73 Å². The van der Waals surface area contributed by atoms with Gasteiger partial charge in [-0.25, -0.2) is 0 Å². The van der Waals surface area contributed by atoms with Gasteiger partial charge in [-0.05, 0) is 20.3 Å². The number of rotatable bonds is 5. The summed E-state index contributed by atoms with van der Waals surface area (Å²) in [6.07, 6.45) is 2.41. The van der Waals surface area contributed by atoms with Crippen LogP contribution in [0.2, 0.25) is 0 Å². The molecule has 10 heavy (non-hydrogen) atoms. The molecule has 0 amide bonds. The lowest BCUT2D eigenvalue weighted by Gasteiger charge is -2.18. The van der Waals surface area contributed by atoms with Gasteiger partial charge in [0.25, 0.3) is 0 Å². The molecule has 0 aliphatic heterocycles. The van der Waals surface area contributed by atoms with Gasteiger partial charge >= 0.3 is 0 Å². The van der Waals surface area contributed by atoms with E-state index in [0.717, 1.165) is 19.4 Å². The van der Waals surface area contributed by atoms with Gasteiger partial charge in [0, 0.05) is 12.6 Å². The van der Waals surface area contributed by atoms with E-state index < -0.39 is 0 Å². The fourth-order valence-electron chi connectivity index (χ4n) is 0.955. The summed E-state index contributed by atoms with van der Waals surface area (Å²) in [5.74, 6) is 0. The average molecular weight is 145 g/mol. The molecule has 0 radical (unpaired) electrons. The lowest BCUT2D eigenvalue weighted by Crippen LogP contribution is -2.34. The molecule has 0 aliphatic rings. The first-order valence-electron chi connectivity index (χ1n) is 4.09. The molecule has 0 saturated heterocycles.